The highest BCUT2D eigenvalue weighted by Gasteiger charge is 2.27. The number of hydrogen-bond acceptors (Lipinski definition) is 0. The number of aryl methyl sites for hydroxylation is 1. The van der Waals surface area contributed by atoms with Gasteiger partial charge in [-0.2, -0.15) is 0 Å². The zero-order chi connectivity index (χ0) is 19.8. The van der Waals surface area contributed by atoms with Crippen LogP contribution in [0.1, 0.15) is 61.6 Å². The van der Waals surface area contributed by atoms with Crippen molar-refractivity contribution in [3.05, 3.63) is 106 Å². The molecular weight excluding hydrogens is 348 g/mol. The SMILES string of the molecule is Cc1cc(C2CCC(C)CC2)ccc1CC1=CC=C(C2=CCC=C2)C2C=CC=C12. The van der Waals surface area contributed by atoms with E-state index in [9.17, 15) is 0 Å². The predicted molar refractivity (Wildman–Crippen MR) is 124 cm³/mol. The van der Waals surface area contributed by atoms with Gasteiger partial charge in [0.05, 0.1) is 0 Å². The van der Waals surface area contributed by atoms with E-state index in [1.165, 1.54) is 59.1 Å². The smallest absolute Gasteiger partial charge is 0.0281 e. The molecule has 1 atom stereocenters. The second-order valence-corrected chi connectivity index (χ2v) is 9.42. The molecule has 0 heteroatoms. The normalized spacial score (nSPS) is 28.0. The summed E-state index contributed by atoms with van der Waals surface area (Å²) in [5.74, 6) is 2.13. The Morgan fingerprint density at radius 2 is 1.83 bits per heavy atom. The van der Waals surface area contributed by atoms with Gasteiger partial charge in [0.15, 0.2) is 0 Å². The molecule has 0 radical (unpaired) electrons. The van der Waals surface area contributed by atoms with Crippen LogP contribution in [-0.2, 0) is 6.42 Å². The van der Waals surface area contributed by atoms with Gasteiger partial charge in [-0.1, -0.05) is 86.6 Å². The van der Waals surface area contributed by atoms with Crippen molar-refractivity contribution >= 4 is 0 Å². The molecule has 0 bridgehead atoms. The summed E-state index contributed by atoms with van der Waals surface area (Å²) in [6, 6.07) is 7.30. The Kier molecular flexibility index (Phi) is 5.04. The van der Waals surface area contributed by atoms with Gasteiger partial charge in [0.25, 0.3) is 0 Å². The minimum Gasteiger partial charge on any atom is -0.0801 e. The van der Waals surface area contributed by atoms with Gasteiger partial charge >= 0.3 is 0 Å². The van der Waals surface area contributed by atoms with Crippen molar-refractivity contribution in [1.82, 2.24) is 0 Å². The molecule has 0 saturated heterocycles. The standard InChI is InChI=1S/C29H32/c1-20-10-12-22(13-11-20)25-15-14-24(21(2)18-25)19-26-16-17-28(23-6-3-4-7-23)29-9-5-8-27(26)29/h3,5-9,14-18,20,22,29H,4,10-13,19H2,1-2H3. The third-order valence-electron chi connectivity index (χ3n) is 7.42. The molecule has 0 nitrogen and oxygen atoms in total. The predicted octanol–water partition coefficient (Wildman–Crippen LogP) is 7.70. The summed E-state index contributed by atoms with van der Waals surface area (Å²) in [5.41, 5.74) is 10.3. The van der Waals surface area contributed by atoms with E-state index in [1.54, 1.807) is 5.56 Å². The van der Waals surface area contributed by atoms with E-state index in [0.29, 0.717) is 5.92 Å². The molecular formula is C29H32. The van der Waals surface area contributed by atoms with E-state index in [0.717, 1.165) is 24.7 Å². The average molecular weight is 381 g/mol. The first-order chi connectivity index (χ1) is 14.2. The van der Waals surface area contributed by atoms with E-state index in [4.69, 9.17) is 0 Å². The lowest BCUT2D eigenvalue weighted by molar-refractivity contribution is 0.348. The summed E-state index contributed by atoms with van der Waals surface area (Å²) in [7, 11) is 0. The second-order valence-electron chi connectivity index (χ2n) is 9.42. The molecule has 4 aliphatic carbocycles. The van der Waals surface area contributed by atoms with Crippen molar-refractivity contribution in [1.29, 1.82) is 0 Å². The highest BCUT2D eigenvalue weighted by Crippen LogP contribution is 2.41. The number of allylic oxidation sites excluding steroid dienone is 12. The first-order valence-corrected chi connectivity index (χ1v) is 11.4. The molecule has 0 spiro atoms. The molecule has 1 aromatic carbocycles. The molecule has 1 unspecified atom stereocenters. The van der Waals surface area contributed by atoms with Crippen molar-refractivity contribution in [2.24, 2.45) is 11.8 Å². The van der Waals surface area contributed by atoms with Crippen LogP contribution in [0.4, 0.5) is 0 Å². The largest absolute Gasteiger partial charge is 0.0801 e. The van der Waals surface area contributed by atoms with Gasteiger partial charge in [-0.3, -0.25) is 0 Å². The Morgan fingerprint density at radius 3 is 2.59 bits per heavy atom. The molecule has 0 amide bonds. The third-order valence-corrected chi connectivity index (χ3v) is 7.42. The van der Waals surface area contributed by atoms with Gasteiger partial charge in [0, 0.05) is 5.92 Å². The molecule has 1 fully saturated rings. The highest BCUT2D eigenvalue weighted by molar-refractivity contribution is 5.61. The van der Waals surface area contributed by atoms with Crippen LogP contribution in [0.2, 0.25) is 0 Å². The summed E-state index contributed by atoms with van der Waals surface area (Å²) in [4.78, 5) is 0. The molecule has 0 aromatic heterocycles. The van der Waals surface area contributed by atoms with Crippen LogP contribution in [0.15, 0.2) is 89.1 Å². The topological polar surface area (TPSA) is 0 Å². The van der Waals surface area contributed by atoms with E-state index in [2.05, 4.69) is 80.7 Å². The maximum atomic E-state index is 2.48. The molecule has 1 saturated carbocycles. The molecule has 29 heavy (non-hydrogen) atoms. The Bertz CT molecular complexity index is 981. The lowest BCUT2D eigenvalue weighted by Crippen LogP contribution is -2.12. The monoisotopic (exact) mass is 380 g/mol. The van der Waals surface area contributed by atoms with Gasteiger partial charge < -0.3 is 0 Å². The van der Waals surface area contributed by atoms with Gasteiger partial charge in [0.1, 0.15) is 0 Å². The Balaban J connectivity index is 1.37. The van der Waals surface area contributed by atoms with Crippen LogP contribution in [0.25, 0.3) is 0 Å². The molecule has 0 N–H and O–H groups in total. The van der Waals surface area contributed by atoms with E-state index in [-0.39, 0.29) is 0 Å². The molecule has 0 heterocycles. The fourth-order valence-electron chi connectivity index (χ4n) is 5.52. The minimum atomic E-state index is 0.438. The number of rotatable bonds is 4. The van der Waals surface area contributed by atoms with Crippen molar-refractivity contribution in [3.8, 4) is 0 Å². The lowest BCUT2D eigenvalue weighted by Gasteiger charge is -2.27. The molecule has 1 aromatic rings. The van der Waals surface area contributed by atoms with E-state index >= 15 is 0 Å². The Labute approximate surface area is 176 Å². The summed E-state index contributed by atoms with van der Waals surface area (Å²) in [6.45, 7) is 4.71. The quantitative estimate of drug-likeness (QED) is 0.502. The zero-order valence-electron chi connectivity index (χ0n) is 17.8. The third kappa shape index (κ3) is 3.66. The Hall–Kier alpha value is -2.34. The summed E-state index contributed by atoms with van der Waals surface area (Å²) < 4.78 is 0. The molecule has 4 aliphatic rings. The van der Waals surface area contributed by atoms with Crippen LogP contribution in [0.3, 0.4) is 0 Å². The van der Waals surface area contributed by atoms with Crippen LogP contribution >= 0.6 is 0 Å². The lowest BCUT2D eigenvalue weighted by atomic mass is 9.77. The van der Waals surface area contributed by atoms with Crippen LogP contribution in [0, 0.1) is 18.8 Å². The summed E-state index contributed by atoms with van der Waals surface area (Å²) in [5, 5.41) is 0. The van der Waals surface area contributed by atoms with Gasteiger partial charge in [0.2, 0.25) is 0 Å². The summed E-state index contributed by atoms with van der Waals surface area (Å²) in [6.07, 6.45) is 26.2. The zero-order valence-corrected chi connectivity index (χ0v) is 17.8. The second kappa shape index (κ2) is 7.82. The highest BCUT2D eigenvalue weighted by atomic mass is 14.3. The van der Waals surface area contributed by atoms with Gasteiger partial charge in [-0.05, 0) is 83.4 Å². The molecule has 148 valence electrons. The maximum absolute atomic E-state index is 2.48. The van der Waals surface area contributed by atoms with E-state index < -0.39 is 0 Å². The van der Waals surface area contributed by atoms with Crippen molar-refractivity contribution in [2.45, 2.75) is 58.3 Å². The number of fused-ring (bicyclic) bond motifs is 1. The molecule has 0 aliphatic heterocycles. The van der Waals surface area contributed by atoms with E-state index in [1.807, 2.05) is 0 Å². The van der Waals surface area contributed by atoms with Crippen LogP contribution in [0.5, 0.6) is 0 Å². The van der Waals surface area contributed by atoms with Crippen molar-refractivity contribution < 1.29 is 0 Å². The first-order valence-electron chi connectivity index (χ1n) is 11.4. The van der Waals surface area contributed by atoms with Crippen molar-refractivity contribution in [3.63, 3.8) is 0 Å². The van der Waals surface area contributed by atoms with Crippen LogP contribution < -0.4 is 0 Å². The van der Waals surface area contributed by atoms with Gasteiger partial charge in [-0.25, -0.2) is 0 Å². The average Bonchev–Trinajstić information content (AvgIpc) is 3.42. The number of benzene rings is 1. The van der Waals surface area contributed by atoms with Crippen LogP contribution in [-0.4, -0.2) is 0 Å². The summed E-state index contributed by atoms with van der Waals surface area (Å²) >= 11 is 0. The fraction of sp³-hybridized carbons (Fsp3) is 0.379. The first kappa shape index (κ1) is 18.7. The Morgan fingerprint density at radius 1 is 0.966 bits per heavy atom. The number of hydrogen-bond donors (Lipinski definition) is 0. The van der Waals surface area contributed by atoms with Crippen molar-refractivity contribution in [2.75, 3.05) is 0 Å². The van der Waals surface area contributed by atoms with Gasteiger partial charge in [-0.15, -0.1) is 0 Å². The molecule has 5 rings (SSSR count). The maximum Gasteiger partial charge on any atom is 0.0281 e. The minimum absolute atomic E-state index is 0.438. The fourth-order valence-corrected chi connectivity index (χ4v) is 5.52.